The Morgan fingerprint density at radius 1 is 1.36 bits per heavy atom. The van der Waals surface area contributed by atoms with Crippen molar-refractivity contribution in [2.45, 2.75) is 55.8 Å². The highest BCUT2D eigenvalue weighted by Gasteiger charge is 2.59. The molecule has 2 fully saturated rings. The molecule has 2 unspecified atom stereocenters. The van der Waals surface area contributed by atoms with Crippen LogP contribution < -0.4 is 10.5 Å². The van der Waals surface area contributed by atoms with Gasteiger partial charge in [-0.05, 0) is 44.4 Å². The first-order chi connectivity index (χ1) is 11.6. The van der Waals surface area contributed by atoms with Crippen molar-refractivity contribution < 1.29 is 26.3 Å². The van der Waals surface area contributed by atoms with Crippen LogP contribution in [-0.4, -0.2) is 27.2 Å². The third-order valence-corrected chi connectivity index (χ3v) is 6.30. The number of hydrogen-bond donors (Lipinski definition) is 2. The van der Waals surface area contributed by atoms with Crippen molar-refractivity contribution in [3.05, 3.63) is 23.8 Å². The third-order valence-electron chi connectivity index (χ3n) is 5.39. The number of rotatable bonds is 5. The normalized spacial score (nSPS) is 25.3. The van der Waals surface area contributed by atoms with E-state index in [-0.39, 0.29) is 23.2 Å². The second-order valence-corrected chi connectivity index (χ2v) is 8.27. The Morgan fingerprint density at radius 2 is 2.04 bits per heavy atom. The molecule has 1 aromatic rings. The Hall–Kier alpha value is -1.32. The highest BCUT2D eigenvalue weighted by atomic mass is 32.2. The number of benzene rings is 1. The molecule has 0 radical (unpaired) electrons. The fourth-order valence-electron chi connectivity index (χ4n) is 3.89. The molecule has 1 aromatic carbocycles. The summed E-state index contributed by atoms with van der Waals surface area (Å²) in [6.45, 7) is 2.48. The molecule has 25 heavy (non-hydrogen) atoms. The minimum absolute atomic E-state index is 0.0711. The average Bonchev–Trinajstić information content (AvgIpc) is 2.42. The maximum Gasteiger partial charge on any atom is 0.418 e. The fourth-order valence-corrected chi connectivity index (χ4v) is 4.43. The van der Waals surface area contributed by atoms with Gasteiger partial charge in [0.1, 0.15) is 0 Å². The summed E-state index contributed by atoms with van der Waals surface area (Å²) >= 11 is 0. The van der Waals surface area contributed by atoms with E-state index < -0.39 is 26.7 Å². The van der Waals surface area contributed by atoms with Crippen LogP contribution in [0.25, 0.3) is 0 Å². The molecule has 0 amide bonds. The van der Waals surface area contributed by atoms with Crippen LogP contribution in [0.3, 0.4) is 0 Å². The summed E-state index contributed by atoms with van der Waals surface area (Å²) in [5, 5.41) is 7.93. The Morgan fingerprint density at radius 3 is 2.52 bits per heavy atom. The van der Waals surface area contributed by atoms with Gasteiger partial charge in [0.25, 0.3) is 0 Å². The molecular formula is C16H21F3N2O3S. The van der Waals surface area contributed by atoms with Crippen LogP contribution in [0.1, 0.15) is 38.2 Å². The number of primary sulfonamides is 1. The molecule has 3 N–H and O–H groups in total. The Kier molecular flexibility index (Phi) is 4.53. The molecule has 9 heteroatoms. The molecule has 2 aliphatic carbocycles. The number of hydrogen-bond acceptors (Lipinski definition) is 4. The van der Waals surface area contributed by atoms with Gasteiger partial charge in [-0.15, -0.1) is 0 Å². The van der Waals surface area contributed by atoms with Crippen molar-refractivity contribution in [2.75, 3.05) is 11.9 Å². The number of ether oxygens (including phenoxy) is 1. The monoisotopic (exact) mass is 378 g/mol. The first-order valence-corrected chi connectivity index (χ1v) is 9.75. The van der Waals surface area contributed by atoms with E-state index in [0.29, 0.717) is 19.1 Å². The lowest BCUT2D eigenvalue weighted by atomic mass is 9.51. The molecule has 1 spiro atoms. The fraction of sp³-hybridized carbons (Fsp3) is 0.625. The summed E-state index contributed by atoms with van der Waals surface area (Å²) in [7, 11) is -4.20. The lowest BCUT2D eigenvalue weighted by Crippen LogP contribution is -2.64. The quantitative estimate of drug-likeness (QED) is 0.825. The average molecular weight is 378 g/mol. The number of nitrogens with one attached hydrogen (secondary N) is 1. The van der Waals surface area contributed by atoms with Crippen LogP contribution in [-0.2, 0) is 20.9 Å². The van der Waals surface area contributed by atoms with Crippen LogP contribution in [0.5, 0.6) is 0 Å². The molecule has 0 bridgehead atoms. The van der Waals surface area contributed by atoms with E-state index in [1.54, 1.807) is 0 Å². The van der Waals surface area contributed by atoms with Crippen LogP contribution in [0, 0.1) is 5.41 Å². The van der Waals surface area contributed by atoms with E-state index in [1.165, 1.54) is 0 Å². The van der Waals surface area contributed by atoms with Gasteiger partial charge in [-0.1, -0.05) is 6.42 Å². The van der Waals surface area contributed by atoms with Gasteiger partial charge >= 0.3 is 6.18 Å². The minimum atomic E-state index is -4.68. The van der Waals surface area contributed by atoms with Crippen molar-refractivity contribution in [3.8, 4) is 0 Å². The van der Waals surface area contributed by atoms with Gasteiger partial charge in [0, 0.05) is 23.8 Å². The van der Waals surface area contributed by atoms with Gasteiger partial charge in [-0.3, -0.25) is 0 Å². The summed E-state index contributed by atoms with van der Waals surface area (Å²) < 4.78 is 68.5. The predicted molar refractivity (Wildman–Crippen MR) is 86.5 cm³/mol. The standard InChI is InChI=1S/C16H21F3N2O3S/c1-2-24-14-9-13(15(14)6-3-7-15)21-12-5-4-10(25(20,22)23)8-11(12)16(17,18)19/h4-5,8,13-14,21H,2-3,6-7,9H2,1H3,(H2,20,22,23). The van der Waals surface area contributed by atoms with Crippen molar-refractivity contribution >= 4 is 15.7 Å². The van der Waals surface area contributed by atoms with Gasteiger partial charge in [-0.2, -0.15) is 13.2 Å². The lowest BCUT2D eigenvalue weighted by Gasteiger charge is -2.61. The molecule has 3 rings (SSSR count). The molecule has 5 nitrogen and oxygen atoms in total. The summed E-state index contributed by atoms with van der Waals surface area (Å²) in [4.78, 5) is -0.551. The summed E-state index contributed by atoms with van der Waals surface area (Å²) in [6.07, 6.45) is -1.08. The largest absolute Gasteiger partial charge is 0.418 e. The van der Waals surface area contributed by atoms with Crippen molar-refractivity contribution in [1.29, 1.82) is 0 Å². The van der Waals surface area contributed by atoms with Gasteiger partial charge < -0.3 is 10.1 Å². The summed E-state index contributed by atoms with van der Waals surface area (Å²) in [5.41, 5.74) is -1.25. The Balaban J connectivity index is 1.88. The molecule has 0 aromatic heterocycles. The lowest BCUT2D eigenvalue weighted by molar-refractivity contribution is -0.158. The van der Waals surface area contributed by atoms with Crippen molar-refractivity contribution in [1.82, 2.24) is 0 Å². The van der Waals surface area contributed by atoms with Gasteiger partial charge in [0.15, 0.2) is 0 Å². The molecule has 0 saturated heterocycles. The van der Waals surface area contributed by atoms with Gasteiger partial charge in [0.05, 0.1) is 16.6 Å². The second-order valence-electron chi connectivity index (χ2n) is 6.71. The Bertz CT molecular complexity index is 760. The van der Waals surface area contributed by atoms with Crippen molar-refractivity contribution in [3.63, 3.8) is 0 Å². The van der Waals surface area contributed by atoms with Crippen LogP contribution in [0.4, 0.5) is 18.9 Å². The van der Waals surface area contributed by atoms with Crippen LogP contribution in [0.15, 0.2) is 23.1 Å². The molecule has 2 atom stereocenters. The molecular weight excluding hydrogens is 357 g/mol. The number of nitrogens with two attached hydrogens (primary N) is 1. The predicted octanol–water partition coefficient (Wildman–Crippen LogP) is 3.11. The van der Waals surface area contributed by atoms with E-state index in [1.807, 2.05) is 6.92 Å². The first kappa shape index (κ1) is 18.5. The topological polar surface area (TPSA) is 81.4 Å². The van der Waals surface area contributed by atoms with Gasteiger partial charge in [-0.25, -0.2) is 13.6 Å². The molecule has 140 valence electrons. The number of anilines is 1. The smallest absolute Gasteiger partial charge is 0.381 e. The zero-order chi connectivity index (χ0) is 18.5. The zero-order valence-electron chi connectivity index (χ0n) is 13.8. The van der Waals surface area contributed by atoms with E-state index in [0.717, 1.165) is 31.4 Å². The molecule has 0 aliphatic heterocycles. The van der Waals surface area contributed by atoms with Crippen LogP contribution >= 0.6 is 0 Å². The van der Waals surface area contributed by atoms with E-state index in [9.17, 15) is 21.6 Å². The zero-order valence-corrected chi connectivity index (χ0v) is 14.6. The third kappa shape index (κ3) is 3.24. The number of sulfonamides is 1. The minimum Gasteiger partial charge on any atom is -0.381 e. The van der Waals surface area contributed by atoms with E-state index in [4.69, 9.17) is 9.88 Å². The molecule has 0 heterocycles. The van der Waals surface area contributed by atoms with E-state index in [2.05, 4.69) is 5.32 Å². The highest BCUT2D eigenvalue weighted by molar-refractivity contribution is 7.89. The van der Waals surface area contributed by atoms with Crippen molar-refractivity contribution in [2.24, 2.45) is 10.6 Å². The summed E-state index contributed by atoms with van der Waals surface area (Å²) in [6, 6.07) is 2.71. The highest BCUT2D eigenvalue weighted by Crippen LogP contribution is 2.58. The SMILES string of the molecule is CCOC1CC(Nc2ccc(S(N)(=O)=O)cc2C(F)(F)F)C12CCC2. The summed E-state index contributed by atoms with van der Waals surface area (Å²) in [5.74, 6) is 0. The maximum atomic E-state index is 13.4. The molecule has 2 aliphatic rings. The van der Waals surface area contributed by atoms with Gasteiger partial charge in [0.2, 0.25) is 10.0 Å². The molecule has 2 saturated carbocycles. The number of alkyl halides is 3. The first-order valence-electron chi connectivity index (χ1n) is 8.20. The maximum absolute atomic E-state index is 13.4. The van der Waals surface area contributed by atoms with Crippen LogP contribution in [0.2, 0.25) is 0 Å². The number of halogens is 3. The Labute approximate surface area is 144 Å². The van der Waals surface area contributed by atoms with E-state index >= 15 is 0 Å². The second kappa shape index (κ2) is 6.14.